The molecule has 0 spiro atoms. The molecule has 0 aliphatic rings. The molecule has 0 fully saturated rings. The summed E-state index contributed by atoms with van der Waals surface area (Å²) >= 11 is 0. The van der Waals surface area contributed by atoms with Crippen molar-refractivity contribution in [2.24, 2.45) is 7.05 Å². The number of carbonyl (C=O) groups is 1. The number of aromatic nitrogens is 3. The molecule has 0 bridgehead atoms. The first-order valence-corrected chi connectivity index (χ1v) is 7.06. The number of hydrogen-bond acceptors (Lipinski definition) is 6. The normalized spacial score (nSPS) is 10.4. The third-order valence-electron chi connectivity index (χ3n) is 3.03. The van der Waals surface area contributed by atoms with E-state index in [1.807, 2.05) is 7.05 Å². The first-order chi connectivity index (χ1) is 10.6. The maximum absolute atomic E-state index is 12.1. The van der Waals surface area contributed by atoms with Gasteiger partial charge in [0.15, 0.2) is 5.69 Å². The van der Waals surface area contributed by atoms with E-state index in [-0.39, 0.29) is 18.3 Å². The van der Waals surface area contributed by atoms with E-state index >= 15 is 0 Å². The van der Waals surface area contributed by atoms with Gasteiger partial charge in [-0.2, -0.15) is 5.10 Å². The number of methoxy groups -OCH3 is 1. The molecule has 1 amide bonds. The van der Waals surface area contributed by atoms with Gasteiger partial charge in [-0.1, -0.05) is 0 Å². The van der Waals surface area contributed by atoms with E-state index in [4.69, 9.17) is 9.15 Å². The summed E-state index contributed by atoms with van der Waals surface area (Å²) in [4.78, 5) is 16.3. The Morgan fingerprint density at radius 2 is 2.17 bits per heavy atom. The number of nitrogens with one attached hydrogen (secondary N) is 2. The van der Waals surface area contributed by atoms with E-state index in [1.54, 1.807) is 31.1 Å². The standard InChI is InChI=1S/C14H21N5O3.ClH/c1-10-12(13(20)16-5-4-15-6-7-21-3)18-14(22-10)11-8-17-19(2)9-11;/h8-9,15H,4-7H2,1-3H3,(H,16,20);1H. The van der Waals surface area contributed by atoms with E-state index in [1.165, 1.54) is 0 Å². The first-order valence-electron chi connectivity index (χ1n) is 7.06. The second-order valence-electron chi connectivity index (χ2n) is 4.83. The number of amides is 1. The smallest absolute Gasteiger partial charge is 0.273 e. The molecule has 2 aromatic rings. The molecule has 0 aliphatic carbocycles. The molecule has 0 radical (unpaired) electrons. The second kappa shape index (κ2) is 9.29. The third kappa shape index (κ3) is 5.34. The van der Waals surface area contributed by atoms with Crippen LogP contribution in [0.25, 0.3) is 11.5 Å². The summed E-state index contributed by atoms with van der Waals surface area (Å²) < 4.78 is 12.1. The minimum absolute atomic E-state index is 0. The van der Waals surface area contributed by atoms with Crippen LogP contribution in [-0.2, 0) is 11.8 Å². The van der Waals surface area contributed by atoms with Crippen molar-refractivity contribution in [2.75, 3.05) is 33.4 Å². The fourth-order valence-corrected chi connectivity index (χ4v) is 1.91. The van der Waals surface area contributed by atoms with Crippen LogP contribution in [0.4, 0.5) is 0 Å². The van der Waals surface area contributed by atoms with Crippen LogP contribution in [0.5, 0.6) is 0 Å². The van der Waals surface area contributed by atoms with Crippen molar-refractivity contribution in [1.29, 1.82) is 0 Å². The molecule has 128 valence electrons. The number of nitrogens with zero attached hydrogens (tertiary/aromatic N) is 3. The molecule has 0 aliphatic heterocycles. The molecule has 0 saturated carbocycles. The van der Waals surface area contributed by atoms with Gasteiger partial charge in [0.1, 0.15) is 5.76 Å². The maximum Gasteiger partial charge on any atom is 0.273 e. The predicted octanol–water partition coefficient (Wildman–Crippen LogP) is 0.771. The lowest BCUT2D eigenvalue weighted by Crippen LogP contribution is -2.33. The molecule has 0 atom stereocenters. The molecule has 2 N–H and O–H groups in total. The summed E-state index contributed by atoms with van der Waals surface area (Å²) in [5.74, 6) is 0.641. The quantitative estimate of drug-likeness (QED) is 0.688. The van der Waals surface area contributed by atoms with Crippen LogP contribution < -0.4 is 10.6 Å². The van der Waals surface area contributed by atoms with Crippen LogP contribution in [0.2, 0.25) is 0 Å². The Morgan fingerprint density at radius 1 is 1.39 bits per heavy atom. The van der Waals surface area contributed by atoms with Crippen LogP contribution in [-0.4, -0.2) is 54.0 Å². The Hall–Kier alpha value is -1.90. The second-order valence-corrected chi connectivity index (χ2v) is 4.83. The zero-order chi connectivity index (χ0) is 15.9. The monoisotopic (exact) mass is 343 g/mol. The molecule has 9 heteroatoms. The average Bonchev–Trinajstić information content (AvgIpc) is 3.08. The minimum Gasteiger partial charge on any atom is -0.440 e. The molecule has 23 heavy (non-hydrogen) atoms. The van der Waals surface area contributed by atoms with Gasteiger partial charge in [-0.25, -0.2) is 4.98 Å². The molecular formula is C14H22ClN5O3. The highest BCUT2D eigenvalue weighted by atomic mass is 35.5. The third-order valence-corrected chi connectivity index (χ3v) is 3.03. The molecular weight excluding hydrogens is 322 g/mol. The van der Waals surface area contributed by atoms with Crippen molar-refractivity contribution in [3.8, 4) is 11.5 Å². The highest BCUT2D eigenvalue weighted by molar-refractivity contribution is 5.93. The van der Waals surface area contributed by atoms with E-state index in [0.717, 1.165) is 12.1 Å². The van der Waals surface area contributed by atoms with Crippen molar-refractivity contribution in [1.82, 2.24) is 25.4 Å². The number of aryl methyl sites for hydroxylation is 2. The van der Waals surface area contributed by atoms with Gasteiger partial charge in [-0.15, -0.1) is 12.4 Å². The Labute approximate surface area is 141 Å². The van der Waals surface area contributed by atoms with Crippen LogP contribution in [0.3, 0.4) is 0 Å². The van der Waals surface area contributed by atoms with Gasteiger partial charge in [0.25, 0.3) is 5.91 Å². The summed E-state index contributed by atoms with van der Waals surface area (Å²) in [7, 11) is 3.46. The zero-order valence-electron chi connectivity index (χ0n) is 13.5. The van der Waals surface area contributed by atoms with Crippen molar-refractivity contribution in [3.05, 3.63) is 23.8 Å². The SMILES string of the molecule is COCCNCCNC(=O)c1nc(-c2cnn(C)c2)oc1C.Cl. The van der Waals surface area contributed by atoms with Gasteiger partial charge in [0.2, 0.25) is 5.89 Å². The molecule has 0 aromatic carbocycles. The lowest BCUT2D eigenvalue weighted by Gasteiger charge is -2.05. The van der Waals surface area contributed by atoms with Gasteiger partial charge in [0, 0.05) is 40.0 Å². The number of halogens is 1. The summed E-state index contributed by atoms with van der Waals surface area (Å²) in [6, 6.07) is 0. The number of carbonyl (C=O) groups excluding carboxylic acids is 1. The molecule has 2 aromatic heterocycles. The fourth-order valence-electron chi connectivity index (χ4n) is 1.91. The number of oxazole rings is 1. The van der Waals surface area contributed by atoms with Gasteiger partial charge >= 0.3 is 0 Å². The lowest BCUT2D eigenvalue weighted by molar-refractivity contribution is 0.0948. The number of ether oxygens (including phenoxy) is 1. The van der Waals surface area contributed by atoms with E-state index in [2.05, 4.69) is 20.7 Å². The molecule has 0 saturated heterocycles. The lowest BCUT2D eigenvalue weighted by atomic mass is 10.3. The average molecular weight is 344 g/mol. The Balaban J connectivity index is 0.00000264. The highest BCUT2D eigenvalue weighted by Crippen LogP contribution is 2.20. The van der Waals surface area contributed by atoms with Gasteiger partial charge < -0.3 is 19.8 Å². The molecule has 8 nitrogen and oxygen atoms in total. The van der Waals surface area contributed by atoms with Gasteiger partial charge in [-0.3, -0.25) is 9.48 Å². The van der Waals surface area contributed by atoms with Crippen LogP contribution in [0.15, 0.2) is 16.8 Å². The van der Waals surface area contributed by atoms with Gasteiger partial charge in [-0.05, 0) is 6.92 Å². The summed E-state index contributed by atoms with van der Waals surface area (Å²) in [5, 5.41) is 10.0. The van der Waals surface area contributed by atoms with Crippen molar-refractivity contribution < 1.29 is 13.9 Å². The summed E-state index contributed by atoms with van der Waals surface area (Å²) in [6.07, 6.45) is 3.43. The largest absolute Gasteiger partial charge is 0.440 e. The maximum atomic E-state index is 12.1. The number of hydrogen-bond donors (Lipinski definition) is 2. The van der Waals surface area contributed by atoms with Crippen molar-refractivity contribution in [3.63, 3.8) is 0 Å². The Kier molecular flexibility index (Phi) is 7.73. The highest BCUT2D eigenvalue weighted by Gasteiger charge is 2.18. The van der Waals surface area contributed by atoms with E-state index in [0.29, 0.717) is 37.0 Å². The molecule has 0 unspecified atom stereocenters. The Morgan fingerprint density at radius 3 is 2.83 bits per heavy atom. The summed E-state index contributed by atoms with van der Waals surface area (Å²) in [5.41, 5.74) is 1.04. The fraction of sp³-hybridized carbons (Fsp3) is 0.500. The van der Waals surface area contributed by atoms with Crippen LogP contribution in [0.1, 0.15) is 16.2 Å². The van der Waals surface area contributed by atoms with E-state index < -0.39 is 0 Å². The molecule has 2 heterocycles. The van der Waals surface area contributed by atoms with Crippen molar-refractivity contribution >= 4 is 18.3 Å². The van der Waals surface area contributed by atoms with Gasteiger partial charge in [0.05, 0.1) is 18.4 Å². The topological polar surface area (TPSA) is 94.2 Å². The van der Waals surface area contributed by atoms with Crippen LogP contribution in [0, 0.1) is 6.92 Å². The number of rotatable bonds is 8. The predicted molar refractivity (Wildman–Crippen MR) is 87.8 cm³/mol. The minimum atomic E-state index is -0.245. The Bertz CT molecular complexity index is 626. The first kappa shape index (κ1) is 19.1. The van der Waals surface area contributed by atoms with E-state index in [9.17, 15) is 4.79 Å². The van der Waals surface area contributed by atoms with Crippen LogP contribution >= 0.6 is 12.4 Å². The van der Waals surface area contributed by atoms with Crippen molar-refractivity contribution in [2.45, 2.75) is 6.92 Å². The zero-order valence-corrected chi connectivity index (χ0v) is 14.3. The molecule has 2 rings (SSSR count). The summed E-state index contributed by atoms with van der Waals surface area (Å²) in [6.45, 7) is 4.29.